The summed E-state index contributed by atoms with van der Waals surface area (Å²) in [4.78, 5) is 0. The highest BCUT2D eigenvalue weighted by atomic mass is 32.2. The summed E-state index contributed by atoms with van der Waals surface area (Å²) in [6.45, 7) is 0.784. The molecular formula is C35H28O2S2. The smallest absolute Gasteiger partial charge is 0.145 e. The maximum Gasteiger partial charge on any atom is 0.145 e. The molecule has 5 aromatic rings. The van der Waals surface area contributed by atoms with E-state index in [1.165, 1.54) is 55.7 Å². The molecule has 2 heterocycles. The van der Waals surface area contributed by atoms with Gasteiger partial charge in [-0.05, 0) is 68.4 Å². The molecule has 2 saturated heterocycles. The van der Waals surface area contributed by atoms with Crippen molar-refractivity contribution in [3.8, 4) is 22.6 Å². The molecule has 3 aliphatic rings. The van der Waals surface area contributed by atoms with Crippen molar-refractivity contribution in [1.82, 2.24) is 0 Å². The molecule has 0 aromatic heterocycles. The van der Waals surface area contributed by atoms with Crippen LogP contribution in [-0.4, -0.2) is 28.8 Å². The van der Waals surface area contributed by atoms with Gasteiger partial charge in [0.25, 0.3) is 0 Å². The van der Waals surface area contributed by atoms with Gasteiger partial charge in [-0.3, -0.25) is 0 Å². The van der Waals surface area contributed by atoms with Gasteiger partial charge in [0, 0.05) is 23.2 Å². The molecule has 2 aliphatic heterocycles. The van der Waals surface area contributed by atoms with Gasteiger partial charge in [0.2, 0.25) is 0 Å². The molecule has 0 amide bonds. The molecule has 1 aliphatic carbocycles. The molecule has 3 unspecified atom stereocenters. The largest absolute Gasteiger partial charge is 0.492 e. The van der Waals surface area contributed by atoms with E-state index >= 15 is 0 Å². The molecule has 0 radical (unpaired) electrons. The van der Waals surface area contributed by atoms with E-state index in [0.717, 1.165) is 24.5 Å². The highest BCUT2D eigenvalue weighted by Gasteiger charge is 2.47. The molecule has 4 heteroatoms. The highest BCUT2D eigenvalue weighted by Crippen LogP contribution is 2.58. The Hall–Kier alpha value is -3.34. The van der Waals surface area contributed by atoms with Crippen LogP contribution >= 0.6 is 23.5 Å². The number of hydrogen-bond acceptors (Lipinski definition) is 4. The van der Waals surface area contributed by atoms with Crippen molar-refractivity contribution < 1.29 is 9.47 Å². The lowest BCUT2D eigenvalue weighted by Crippen LogP contribution is -2.29. The van der Waals surface area contributed by atoms with E-state index in [1.54, 1.807) is 0 Å². The van der Waals surface area contributed by atoms with Gasteiger partial charge in [0.05, 0.1) is 5.41 Å². The molecule has 39 heavy (non-hydrogen) atoms. The molecule has 2 nitrogen and oxygen atoms in total. The van der Waals surface area contributed by atoms with Crippen LogP contribution in [0.2, 0.25) is 0 Å². The summed E-state index contributed by atoms with van der Waals surface area (Å²) >= 11 is 3.85. The monoisotopic (exact) mass is 544 g/mol. The first kappa shape index (κ1) is 23.5. The standard InChI is InChI=1S/C35H28O2S2/c1-2-6-29-23(5-1)9-18-31-30-7-3-4-8-32(30)35(34(29)31,24-10-14-26(15-11-24)36-21-28-22-39-28)25-12-16-27(17-13-25)37-33-19-20-38-33/h1-18,28,33H,19-22H2. The van der Waals surface area contributed by atoms with Gasteiger partial charge in [-0.25, -0.2) is 0 Å². The number of ether oxygens (including phenoxy) is 2. The zero-order chi connectivity index (χ0) is 25.8. The average Bonchev–Trinajstić information content (AvgIpc) is 3.75. The summed E-state index contributed by atoms with van der Waals surface area (Å²) < 4.78 is 12.4. The third kappa shape index (κ3) is 3.88. The summed E-state index contributed by atoms with van der Waals surface area (Å²) in [5.41, 5.74) is 7.61. The second-order valence-electron chi connectivity index (χ2n) is 10.5. The molecule has 192 valence electrons. The number of hydrogen-bond donors (Lipinski definition) is 0. The Morgan fingerprint density at radius 2 is 1.38 bits per heavy atom. The quantitative estimate of drug-likeness (QED) is 0.187. The summed E-state index contributed by atoms with van der Waals surface area (Å²) in [6, 6.07) is 40.1. The van der Waals surface area contributed by atoms with Crippen LogP contribution in [0.4, 0.5) is 0 Å². The first-order valence-corrected chi connectivity index (χ1v) is 15.8. The predicted molar refractivity (Wildman–Crippen MR) is 164 cm³/mol. The Labute approximate surface area is 237 Å². The number of thioether (sulfide) groups is 2. The molecule has 3 atom stereocenters. The van der Waals surface area contributed by atoms with Crippen LogP contribution in [0.15, 0.2) is 109 Å². The fraction of sp³-hybridized carbons (Fsp3) is 0.200. The maximum absolute atomic E-state index is 6.23. The molecule has 2 fully saturated rings. The van der Waals surface area contributed by atoms with E-state index in [4.69, 9.17) is 9.47 Å². The molecule has 0 bridgehead atoms. The lowest BCUT2D eigenvalue weighted by atomic mass is 9.66. The van der Waals surface area contributed by atoms with Crippen LogP contribution in [0, 0.1) is 0 Å². The summed E-state index contributed by atoms with van der Waals surface area (Å²) in [5.74, 6) is 4.27. The van der Waals surface area contributed by atoms with Crippen molar-refractivity contribution in [3.63, 3.8) is 0 Å². The Kier molecular flexibility index (Phi) is 5.67. The molecule has 0 spiro atoms. The third-order valence-electron chi connectivity index (χ3n) is 8.26. The second-order valence-corrected chi connectivity index (χ2v) is 13.1. The van der Waals surface area contributed by atoms with Crippen LogP contribution < -0.4 is 9.47 Å². The van der Waals surface area contributed by atoms with Crippen LogP contribution in [0.3, 0.4) is 0 Å². The molecule has 5 aromatic carbocycles. The van der Waals surface area contributed by atoms with Crippen molar-refractivity contribution in [2.24, 2.45) is 0 Å². The van der Waals surface area contributed by atoms with E-state index in [1.807, 2.05) is 23.5 Å². The minimum absolute atomic E-state index is 0.281. The van der Waals surface area contributed by atoms with Gasteiger partial charge in [-0.2, -0.15) is 11.8 Å². The van der Waals surface area contributed by atoms with E-state index < -0.39 is 5.41 Å². The van der Waals surface area contributed by atoms with Gasteiger partial charge in [-0.15, -0.1) is 11.8 Å². The van der Waals surface area contributed by atoms with E-state index in [-0.39, 0.29) is 5.44 Å². The lowest BCUT2D eigenvalue weighted by Gasteiger charge is -2.35. The summed E-state index contributed by atoms with van der Waals surface area (Å²) in [6.07, 6.45) is 1.12. The fourth-order valence-corrected chi connectivity index (χ4v) is 7.25. The Bertz CT molecular complexity index is 1670. The van der Waals surface area contributed by atoms with Crippen LogP contribution in [0.5, 0.6) is 11.5 Å². The van der Waals surface area contributed by atoms with Crippen molar-refractivity contribution in [3.05, 3.63) is 131 Å². The molecule has 0 N–H and O–H groups in total. The fourth-order valence-electron chi connectivity index (χ4n) is 6.24. The topological polar surface area (TPSA) is 18.5 Å². The van der Waals surface area contributed by atoms with Crippen molar-refractivity contribution in [2.75, 3.05) is 18.1 Å². The summed E-state index contributed by atoms with van der Waals surface area (Å²) in [7, 11) is 0. The van der Waals surface area contributed by atoms with Gasteiger partial charge < -0.3 is 9.47 Å². The van der Waals surface area contributed by atoms with Gasteiger partial charge >= 0.3 is 0 Å². The van der Waals surface area contributed by atoms with Crippen molar-refractivity contribution in [2.45, 2.75) is 22.5 Å². The lowest BCUT2D eigenvalue weighted by molar-refractivity contribution is 0.271. The number of fused-ring (bicyclic) bond motifs is 5. The first-order chi connectivity index (χ1) is 19.3. The summed E-state index contributed by atoms with van der Waals surface area (Å²) in [5, 5.41) is 3.20. The van der Waals surface area contributed by atoms with E-state index in [9.17, 15) is 0 Å². The first-order valence-electron chi connectivity index (χ1n) is 13.7. The van der Waals surface area contributed by atoms with Gasteiger partial charge in [0.15, 0.2) is 0 Å². The van der Waals surface area contributed by atoms with Crippen LogP contribution in [0.25, 0.3) is 21.9 Å². The minimum atomic E-state index is -0.457. The van der Waals surface area contributed by atoms with Crippen LogP contribution in [-0.2, 0) is 5.41 Å². The number of rotatable bonds is 7. The molecular weight excluding hydrogens is 517 g/mol. The van der Waals surface area contributed by atoms with Crippen LogP contribution in [0.1, 0.15) is 28.7 Å². The zero-order valence-corrected chi connectivity index (χ0v) is 23.1. The Morgan fingerprint density at radius 1 is 0.692 bits per heavy atom. The van der Waals surface area contributed by atoms with Gasteiger partial charge in [-0.1, -0.05) is 84.9 Å². The Balaban J connectivity index is 1.35. The predicted octanol–water partition coefficient (Wildman–Crippen LogP) is 8.54. The zero-order valence-electron chi connectivity index (χ0n) is 21.5. The third-order valence-corrected chi connectivity index (χ3v) is 10.4. The molecule has 0 saturated carbocycles. The Morgan fingerprint density at radius 3 is 2.10 bits per heavy atom. The van der Waals surface area contributed by atoms with Crippen molar-refractivity contribution >= 4 is 34.3 Å². The van der Waals surface area contributed by atoms with Gasteiger partial charge in [0.1, 0.15) is 23.5 Å². The maximum atomic E-state index is 6.23. The minimum Gasteiger partial charge on any atom is -0.492 e. The number of benzene rings is 5. The van der Waals surface area contributed by atoms with Crippen molar-refractivity contribution in [1.29, 1.82) is 0 Å². The highest BCUT2D eigenvalue weighted by molar-refractivity contribution is 8.06. The van der Waals surface area contributed by atoms with E-state index in [2.05, 4.69) is 109 Å². The second kappa shape index (κ2) is 9.39. The normalized spacial score (nSPS) is 22.6. The SMILES string of the molecule is c1ccc2c(c1)-c1ccc3ccccc3c1C2(c1ccc(OCC2CS2)cc1)c1ccc(OC2CCS2)cc1. The average molecular weight is 545 g/mol. The molecule has 8 rings (SSSR count). The van der Waals surface area contributed by atoms with E-state index in [0.29, 0.717) is 5.25 Å².